The molecule has 0 aliphatic heterocycles. The molecule has 2 N–H and O–H groups in total. The van der Waals surface area contributed by atoms with Crippen molar-refractivity contribution in [3.63, 3.8) is 0 Å². The van der Waals surface area contributed by atoms with E-state index < -0.39 is 5.54 Å². The zero-order valence-electron chi connectivity index (χ0n) is 11.7. The number of carbonyl (C=O) groups is 1. The normalized spacial score (nSPS) is 15.1. The molecule has 1 atom stereocenters. The van der Waals surface area contributed by atoms with E-state index in [1.165, 1.54) is 7.11 Å². The lowest BCUT2D eigenvalue weighted by molar-refractivity contribution is -0.146. The van der Waals surface area contributed by atoms with Gasteiger partial charge in [-0.3, -0.25) is 4.79 Å². The summed E-state index contributed by atoms with van der Waals surface area (Å²) >= 11 is 0. The summed E-state index contributed by atoms with van der Waals surface area (Å²) < 4.78 is 10.1. The van der Waals surface area contributed by atoms with E-state index in [4.69, 9.17) is 10.5 Å². The lowest BCUT2D eigenvalue weighted by Crippen LogP contribution is -2.48. The van der Waals surface area contributed by atoms with E-state index in [-0.39, 0.29) is 12.1 Å². The van der Waals surface area contributed by atoms with Gasteiger partial charge in [-0.15, -0.1) is 0 Å². The van der Waals surface area contributed by atoms with Crippen LogP contribution in [0.1, 0.15) is 27.2 Å². The fourth-order valence-corrected chi connectivity index (χ4v) is 1.31. The summed E-state index contributed by atoms with van der Waals surface area (Å²) in [5.74, 6) is -0.371. The first-order valence-electron chi connectivity index (χ1n) is 5.97. The predicted molar refractivity (Wildman–Crippen MR) is 67.8 cm³/mol. The maximum absolute atomic E-state index is 11.4. The minimum atomic E-state index is -0.915. The van der Waals surface area contributed by atoms with Gasteiger partial charge in [-0.05, 0) is 34.2 Å². The highest BCUT2D eigenvalue weighted by Gasteiger charge is 2.29. The molecule has 0 fully saturated rings. The van der Waals surface area contributed by atoms with Crippen molar-refractivity contribution >= 4 is 5.97 Å². The number of hydrogen-bond donors (Lipinski definition) is 1. The Morgan fingerprint density at radius 2 is 2.00 bits per heavy atom. The number of nitrogens with two attached hydrogens (primary N) is 1. The third-order valence-electron chi connectivity index (χ3n) is 2.59. The average Bonchev–Trinajstić information content (AvgIpc) is 2.24. The number of nitrogens with zero attached hydrogens (tertiary/aromatic N) is 1. The Morgan fingerprint density at radius 1 is 1.41 bits per heavy atom. The van der Waals surface area contributed by atoms with Gasteiger partial charge in [-0.2, -0.15) is 0 Å². The fourth-order valence-electron chi connectivity index (χ4n) is 1.31. The van der Waals surface area contributed by atoms with E-state index in [0.29, 0.717) is 13.0 Å². The van der Waals surface area contributed by atoms with Crippen molar-refractivity contribution in [2.45, 2.75) is 38.8 Å². The van der Waals surface area contributed by atoms with Crippen LogP contribution < -0.4 is 5.73 Å². The van der Waals surface area contributed by atoms with E-state index in [2.05, 4.69) is 9.64 Å². The van der Waals surface area contributed by atoms with Crippen molar-refractivity contribution in [1.82, 2.24) is 4.90 Å². The van der Waals surface area contributed by atoms with Crippen molar-refractivity contribution in [1.29, 1.82) is 0 Å². The van der Waals surface area contributed by atoms with Gasteiger partial charge in [0.05, 0.1) is 19.8 Å². The number of likely N-dealkylation sites (N-methyl/N-ethyl adjacent to an activating group) is 1. The molecule has 0 aliphatic rings. The first-order chi connectivity index (χ1) is 7.79. The van der Waals surface area contributed by atoms with E-state index in [1.54, 1.807) is 6.92 Å². The molecule has 0 saturated heterocycles. The number of ether oxygens (including phenoxy) is 2. The first kappa shape index (κ1) is 16.4. The summed E-state index contributed by atoms with van der Waals surface area (Å²) in [6.07, 6.45) is 0.816. The third-order valence-corrected chi connectivity index (χ3v) is 2.59. The van der Waals surface area contributed by atoms with Gasteiger partial charge in [0, 0.05) is 13.1 Å². The van der Waals surface area contributed by atoms with Crippen LogP contribution in [0.5, 0.6) is 0 Å². The number of carbonyl (C=O) groups excluding carboxylic acids is 1. The Hall–Kier alpha value is -0.650. The molecular weight excluding hydrogens is 220 g/mol. The highest BCUT2D eigenvalue weighted by Crippen LogP contribution is 2.08. The second-order valence-electron chi connectivity index (χ2n) is 4.88. The lowest BCUT2D eigenvalue weighted by Gasteiger charge is -2.25. The Balaban J connectivity index is 3.83. The Morgan fingerprint density at radius 3 is 2.47 bits per heavy atom. The van der Waals surface area contributed by atoms with Crippen molar-refractivity contribution in [3.8, 4) is 0 Å². The van der Waals surface area contributed by atoms with Crippen molar-refractivity contribution in [3.05, 3.63) is 0 Å². The van der Waals surface area contributed by atoms with Crippen molar-refractivity contribution < 1.29 is 14.3 Å². The molecule has 0 rings (SSSR count). The van der Waals surface area contributed by atoms with Crippen LogP contribution in [0, 0.1) is 0 Å². The van der Waals surface area contributed by atoms with Crippen LogP contribution in [0.4, 0.5) is 0 Å². The second-order valence-corrected chi connectivity index (χ2v) is 4.88. The predicted octanol–water partition coefficient (Wildman–Crippen LogP) is 0.624. The van der Waals surface area contributed by atoms with Crippen LogP contribution in [0.15, 0.2) is 0 Å². The van der Waals surface area contributed by atoms with Crippen molar-refractivity contribution in [2.75, 3.05) is 33.9 Å². The topological polar surface area (TPSA) is 64.8 Å². The second kappa shape index (κ2) is 7.63. The molecular formula is C12H26N2O3. The van der Waals surface area contributed by atoms with Gasteiger partial charge >= 0.3 is 5.97 Å². The SMILES string of the molecule is COC(=O)C(C)(N)CCN(C)CCOC(C)C. The van der Waals surface area contributed by atoms with Crippen LogP contribution in [0.2, 0.25) is 0 Å². The van der Waals surface area contributed by atoms with Crippen LogP contribution >= 0.6 is 0 Å². The standard InChI is InChI=1S/C12H26N2O3/c1-10(2)17-9-8-14(4)7-6-12(3,13)11(15)16-5/h10H,6-9,13H2,1-5H3. The minimum Gasteiger partial charge on any atom is -0.468 e. The summed E-state index contributed by atoms with van der Waals surface area (Å²) in [6.45, 7) is 7.96. The summed E-state index contributed by atoms with van der Waals surface area (Å²) in [7, 11) is 3.34. The molecule has 0 bridgehead atoms. The van der Waals surface area contributed by atoms with E-state index in [0.717, 1.165) is 13.1 Å². The zero-order valence-corrected chi connectivity index (χ0v) is 11.7. The van der Waals surface area contributed by atoms with Gasteiger partial charge in [-0.1, -0.05) is 0 Å². The highest BCUT2D eigenvalue weighted by molar-refractivity contribution is 5.79. The summed E-state index contributed by atoms with van der Waals surface area (Å²) in [6, 6.07) is 0. The van der Waals surface area contributed by atoms with Gasteiger partial charge in [0.25, 0.3) is 0 Å². The smallest absolute Gasteiger partial charge is 0.325 e. The van der Waals surface area contributed by atoms with Gasteiger partial charge in [0.2, 0.25) is 0 Å². The Bertz CT molecular complexity index is 230. The van der Waals surface area contributed by atoms with Crippen LogP contribution in [-0.4, -0.2) is 56.4 Å². The molecule has 0 radical (unpaired) electrons. The van der Waals surface area contributed by atoms with Crippen LogP contribution in [-0.2, 0) is 14.3 Å². The molecule has 0 aromatic carbocycles. The number of methoxy groups -OCH3 is 1. The van der Waals surface area contributed by atoms with Crippen LogP contribution in [0.25, 0.3) is 0 Å². The molecule has 102 valence electrons. The van der Waals surface area contributed by atoms with Gasteiger partial charge in [0.15, 0.2) is 0 Å². The molecule has 1 unspecified atom stereocenters. The Labute approximate surface area is 104 Å². The third kappa shape index (κ3) is 7.31. The largest absolute Gasteiger partial charge is 0.468 e. The minimum absolute atomic E-state index is 0.248. The summed E-state index contributed by atoms with van der Waals surface area (Å²) in [4.78, 5) is 13.5. The molecule has 5 nitrogen and oxygen atoms in total. The summed E-state index contributed by atoms with van der Waals surface area (Å²) in [5.41, 5.74) is 4.95. The lowest BCUT2D eigenvalue weighted by atomic mass is 9.99. The van der Waals surface area contributed by atoms with Crippen LogP contribution in [0.3, 0.4) is 0 Å². The molecule has 0 aromatic rings. The van der Waals surface area contributed by atoms with E-state index in [1.807, 2.05) is 20.9 Å². The molecule has 0 aliphatic carbocycles. The van der Waals surface area contributed by atoms with E-state index in [9.17, 15) is 4.79 Å². The maximum Gasteiger partial charge on any atom is 0.325 e. The van der Waals surface area contributed by atoms with E-state index >= 15 is 0 Å². The molecule has 0 aromatic heterocycles. The monoisotopic (exact) mass is 246 g/mol. The van der Waals surface area contributed by atoms with Crippen molar-refractivity contribution in [2.24, 2.45) is 5.73 Å². The number of rotatable bonds is 8. The van der Waals surface area contributed by atoms with Gasteiger partial charge in [-0.25, -0.2) is 0 Å². The average molecular weight is 246 g/mol. The Kier molecular flexibility index (Phi) is 7.34. The molecule has 5 heteroatoms. The first-order valence-corrected chi connectivity index (χ1v) is 5.97. The molecule has 0 heterocycles. The van der Waals surface area contributed by atoms with Gasteiger partial charge in [0.1, 0.15) is 5.54 Å². The van der Waals surface area contributed by atoms with Gasteiger partial charge < -0.3 is 20.1 Å². The molecule has 0 spiro atoms. The maximum atomic E-state index is 11.4. The fraction of sp³-hybridized carbons (Fsp3) is 0.917. The quantitative estimate of drug-likeness (QED) is 0.636. The summed E-state index contributed by atoms with van der Waals surface area (Å²) in [5, 5.41) is 0. The molecule has 17 heavy (non-hydrogen) atoms. The number of hydrogen-bond acceptors (Lipinski definition) is 5. The zero-order chi connectivity index (χ0) is 13.5. The highest BCUT2D eigenvalue weighted by atomic mass is 16.5. The molecule has 0 amide bonds. The number of esters is 1. The molecule has 0 saturated carbocycles.